The molecule has 1 aromatic heterocycles. The molecule has 0 bridgehead atoms. The maximum absolute atomic E-state index is 11.7. The van der Waals surface area contributed by atoms with Gasteiger partial charge in [-0.2, -0.15) is 0 Å². The third-order valence-electron chi connectivity index (χ3n) is 3.39. The Balaban J connectivity index is 2.14. The third-order valence-corrected chi connectivity index (χ3v) is 4.56. The topological polar surface area (TPSA) is 42.4 Å². The van der Waals surface area contributed by atoms with Gasteiger partial charge in [0.25, 0.3) is 0 Å². The Bertz CT molecular complexity index is 502. The lowest BCUT2D eigenvalue weighted by molar-refractivity contribution is -0.138. The molecule has 1 aliphatic rings. The molecule has 20 heavy (non-hydrogen) atoms. The number of hydrogen-bond donors (Lipinski definition) is 0. The van der Waals surface area contributed by atoms with Gasteiger partial charge in [-0.05, 0) is 46.1 Å². The Labute approximate surface area is 124 Å². The van der Waals surface area contributed by atoms with Crippen LogP contribution in [0.15, 0.2) is 5.57 Å². The van der Waals surface area contributed by atoms with Crippen LogP contribution in [0.25, 0.3) is 6.08 Å². The van der Waals surface area contributed by atoms with Gasteiger partial charge in [0.15, 0.2) is 5.13 Å². The molecular weight excluding hydrogens is 272 g/mol. The molecule has 0 amide bonds. The summed E-state index contributed by atoms with van der Waals surface area (Å²) in [4.78, 5) is 19.7. The summed E-state index contributed by atoms with van der Waals surface area (Å²) in [5, 5.41) is 1.07. The fourth-order valence-electron chi connectivity index (χ4n) is 2.25. The monoisotopic (exact) mass is 294 g/mol. The van der Waals surface area contributed by atoms with Gasteiger partial charge >= 0.3 is 5.97 Å². The van der Waals surface area contributed by atoms with Crippen molar-refractivity contribution in [3.05, 3.63) is 16.1 Å². The van der Waals surface area contributed by atoms with E-state index < -0.39 is 0 Å². The number of hydrogen-bond acceptors (Lipinski definition) is 5. The first-order chi connectivity index (χ1) is 9.61. The van der Waals surface area contributed by atoms with Crippen LogP contribution >= 0.6 is 11.3 Å². The summed E-state index contributed by atoms with van der Waals surface area (Å²) < 4.78 is 5.01. The summed E-state index contributed by atoms with van der Waals surface area (Å²) in [6.07, 6.45) is 5.69. The molecule has 0 aromatic carbocycles. The van der Waals surface area contributed by atoms with Crippen LogP contribution in [0, 0.1) is 6.92 Å². The standard InChI is InChI=1S/C15H22N2O2S/c1-4-19-14(18)11(2)10-13-12(3)16-15(20-13)17-8-6-5-7-9-17/h10H,4-9H2,1-3H3. The van der Waals surface area contributed by atoms with Crippen molar-refractivity contribution in [3.8, 4) is 0 Å². The fraction of sp³-hybridized carbons (Fsp3) is 0.600. The lowest BCUT2D eigenvalue weighted by Crippen LogP contribution is -2.29. The largest absolute Gasteiger partial charge is 0.463 e. The van der Waals surface area contributed by atoms with E-state index in [-0.39, 0.29) is 5.97 Å². The van der Waals surface area contributed by atoms with E-state index in [1.165, 1.54) is 19.3 Å². The van der Waals surface area contributed by atoms with E-state index in [0.717, 1.165) is 28.8 Å². The first-order valence-corrected chi connectivity index (χ1v) is 8.01. The summed E-state index contributed by atoms with van der Waals surface area (Å²) in [7, 11) is 0. The Morgan fingerprint density at radius 2 is 2.10 bits per heavy atom. The van der Waals surface area contributed by atoms with Gasteiger partial charge in [-0.3, -0.25) is 0 Å². The summed E-state index contributed by atoms with van der Waals surface area (Å²) >= 11 is 1.66. The van der Waals surface area contributed by atoms with E-state index in [9.17, 15) is 4.79 Å². The normalized spacial score (nSPS) is 16.4. The minimum atomic E-state index is -0.250. The Morgan fingerprint density at radius 1 is 1.40 bits per heavy atom. The molecule has 1 aliphatic heterocycles. The number of ether oxygens (including phenoxy) is 1. The number of esters is 1. The molecule has 0 atom stereocenters. The number of piperidine rings is 1. The average molecular weight is 294 g/mol. The van der Waals surface area contributed by atoms with Gasteiger partial charge in [0.1, 0.15) is 0 Å². The second-order valence-corrected chi connectivity index (χ2v) is 6.05. The molecule has 110 valence electrons. The van der Waals surface area contributed by atoms with Crippen molar-refractivity contribution in [1.29, 1.82) is 0 Å². The first kappa shape index (κ1) is 15.0. The summed E-state index contributed by atoms with van der Waals surface area (Å²) in [5.74, 6) is -0.250. The molecular formula is C15H22N2O2S. The molecule has 5 heteroatoms. The van der Waals surface area contributed by atoms with Crippen LogP contribution in [0.3, 0.4) is 0 Å². The molecule has 4 nitrogen and oxygen atoms in total. The number of rotatable bonds is 4. The second-order valence-electron chi connectivity index (χ2n) is 5.04. The SMILES string of the molecule is CCOC(=O)C(C)=Cc1sc(N2CCCCC2)nc1C. The summed E-state index contributed by atoms with van der Waals surface area (Å²) in [6.45, 7) is 8.19. The molecule has 0 N–H and O–H groups in total. The van der Waals surface area contributed by atoms with Crippen molar-refractivity contribution >= 4 is 28.5 Å². The van der Waals surface area contributed by atoms with Gasteiger partial charge in [-0.15, -0.1) is 0 Å². The number of anilines is 1. The smallest absolute Gasteiger partial charge is 0.333 e. The number of aryl methyl sites for hydroxylation is 1. The van der Waals surface area contributed by atoms with Crippen LogP contribution in [-0.2, 0) is 9.53 Å². The highest BCUT2D eigenvalue weighted by atomic mass is 32.1. The number of carbonyl (C=O) groups excluding carboxylic acids is 1. The van der Waals surface area contributed by atoms with E-state index in [2.05, 4.69) is 9.88 Å². The maximum Gasteiger partial charge on any atom is 0.333 e. The van der Waals surface area contributed by atoms with E-state index in [1.807, 2.05) is 19.9 Å². The second kappa shape index (κ2) is 6.88. The predicted octanol–water partition coefficient (Wildman–Crippen LogP) is 3.41. The molecule has 0 spiro atoms. The molecule has 0 saturated carbocycles. The third kappa shape index (κ3) is 3.60. The van der Waals surface area contributed by atoms with Crippen LogP contribution in [0.5, 0.6) is 0 Å². The Hall–Kier alpha value is -1.36. The zero-order valence-corrected chi connectivity index (χ0v) is 13.3. The molecule has 1 fully saturated rings. The van der Waals surface area contributed by atoms with E-state index in [0.29, 0.717) is 12.2 Å². The summed E-state index contributed by atoms with van der Waals surface area (Å²) in [6, 6.07) is 0. The molecule has 1 saturated heterocycles. The van der Waals surface area contributed by atoms with Crippen LogP contribution in [0.2, 0.25) is 0 Å². The number of nitrogens with zero attached hydrogens (tertiary/aromatic N) is 2. The van der Waals surface area contributed by atoms with Crippen molar-refractivity contribution in [3.63, 3.8) is 0 Å². The lowest BCUT2D eigenvalue weighted by atomic mass is 10.1. The van der Waals surface area contributed by atoms with E-state index >= 15 is 0 Å². The van der Waals surface area contributed by atoms with Gasteiger partial charge in [0.05, 0.1) is 17.2 Å². The quantitative estimate of drug-likeness (QED) is 0.630. The maximum atomic E-state index is 11.7. The van der Waals surface area contributed by atoms with Gasteiger partial charge in [0.2, 0.25) is 0 Å². The number of carbonyl (C=O) groups is 1. The molecule has 2 heterocycles. The minimum Gasteiger partial charge on any atom is -0.463 e. The zero-order chi connectivity index (χ0) is 14.5. The zero-order valence-electron chi connectivity index (χ0n) is 12.4. The van der Waals surface area contributed by atoms with Crippen molar-refractivity contribution < 1.29 is 9.53 Å². The van der Waals surface area contributed by atoms with Crippen molar-refractivity contribution in [2.24, 2.45) is 0 Å². The first-order valence-electron chi connectivity index (χ1n) is 7.19. The van der Waals surface area contributed by atoms with Gasteiger partial charge in [-0.25, -0.2) is 9.78 Å². The highest BCUT2D eigenvalue weighted by molar-refractivity contribution is 7.16. The van der Waals surface area contributed by atoms with E-state index in [1.54, 1.807) is 18.3 Å². The number of thiazole rings is 1. The Kier molecular flexibility index (Phi) is 5.17. The fourth-order valence-corrected chi connectivity index (χ4v) is 3.37. The van der Waals surface area contributed by atoms with Crippen LogP contribution in [0.1, 0.15) is 43.7 Å². The lowest BCUT2D eigenvalue weighted by Gasteiger charge is -2.25. The molecule has 2 rings (SSSR count). The predicted molar refractivity (Wildman–Crippen MR) is 83.2 cm³/mol. The van der Waals surface area contributed by atoms with E-state index in [4.69, 9.17) is 4.74 Å². The minimum absolute atomic E-state index is 0.250. The average Bonchev–Trinajstić information content (AvgIpc) is 2.81. The van der Waals surface area contributed by atoms with Crippen LogP contribution in [0.4, 0.5) is 5.13 Å². The van der Waals surface area contributed by atoms with Crippen molar-refractivity contribution in [1.82, 2.24) is 4.98 Å². The Morgan fingerprint density at radius 3 is 2.75 bits per heavy atom. The summed E-state index contributed by atoms with van der Waals surface area (Å²) in [5.41, 5.74) is 1.61. The highest BCUT2D eigenvalue weighted by Gasteiger charge is 2.16. The molecule has 0 radical (unpaired) electrons. The van der Waals surface area contributed by atoms with Crippen LogP contribution < -0.4 is 4.90 Å². The van der Waals surface area contributed by atoms with Gasteiger partial charge in [0, 0.05) is 18.7 Å². The highest BCUT2D eigenvalue weighted by Crippen LogP contribution is 2.29. The van der Waals surface area contributed by atoms with Crippen molar-refractivity contribution in [2.75, 3.05) is 24.6 Å². The van der Waals surface area contributed by atoms with Crippen molar-refractivity contribution in [2.45, 2.75) is 40.0 Å². The number of aromatic nitrogens is 1. The molecule has 0 unspecified atom stereocenters. The molecule has 1 aromatic rings. The van der Waals surface area contributed by atoms with Gasteiger partial charge in [-0.1, -0.05) is 11.3 Å². The van der Waals surface area contributed by atoms with Gasteiger partial charge < -0.3 is 9.64 Å². The molecule has 0 aliphatic carbocycles. The van der Waals surface area contributed by atoms with Crippen LogP contribution in [-0.4, -0.2) is 30.6 Å².